The van der Waals surface area contributed by atoms with Gasteiger partial charge in [-0.1, -0.05) is 12.1 Å². The van der Waals surface area contributed by atoms with Crippen molar-refractivity contribution in [1.82, 2.24) is 4.90 Å². The van der Waals surface area contributed by atoms with Crippen LogP contribution in [0.5, 0.6) is 23.0 Å². The maximum Gasteiger partial charge on any atom is 0.226 e. The van der Waals surface area contributed by atoms with E-state index in [0.29, 0.717) is 18.8 Å². The van der Waals surface area contributed by atoms with Gasteiger partial charge in [0.25, 0.3) is 0 Å². The van der Waals surface area contributed by atoms with Crippen LogP contribution >= 0.6 is 0 Å². The monoisotopic (exact) mass is 386 g/mol. The van der Waals surface area contributed by atoms with E-state index in [1.807, 2.05) is 23.1 Å². The number of anilines is 1. The third-order valence-electron chi connectivity index (χ3n) is 4.80. The zero-order valence-electron chi connectivity index (χ0n) is 16.3. The van der Waals surface area contributed by atoms with Gasteiger partial charge >= 0.3 is 0 Å². The molecule has 28 heavy (non-hydrogen) atoms. The van der Waals surface area contributed by atoms with Crippen molar-refractivity contribution < 1.29 is 24.1 Å². The maximum atomic E-state index is 12.5. The fourth-order valence-electron chi connectivity index (χ4n) is 3.23. The van der Waals surface area contributed by atoms with Crippen molar-refractivity contribution in [2.24, 2.45) is 0 Å². The molecule has 1 heterocycles. The molecule has 1 saturated heterocycles. The summed E-state index contributed by atoms with van der Waals surface area (Å²) < 4.78 is 16.3. The number of amides is 1. The number of carbonyl (C=O) groups excluding carboxylic acids is 1. The van der Waals surface area contributed by atoms with Gasteiger partial charge in [-0.25, -0.2) is 0 Å². The number of hydrogen-bond donors (Lipinski definition) is 1. The minimum absolute atomic E-state index is 0.0488. The van der Waals surface area contributed by atoms with Crippen LogP contribution in [0.2, 0.25) is 0 Å². The molecule has 150 valence electrons. The summed E-state index contributed by atoms with van der Waals surface area (Å²) in [7, 11) is 3.29. The normalized spacial score (nSPS) is 13.9. The zero-order chi connectivity index (χ0) is 19.9. The van der Waals surface area contributed by atoms with Gasteiger partial charge in [-0.05, 0) is 24.3 Å². The Morgan fingerprint density at radius 3 is 2.43 bits per heavy atom. The van der Waals surface area contributed by atoms with Crippen LogP contribution in [0.3, 0.4) is 0 Å². The van der Waals surface area contributed by atoms with Crippen LogP contribution in [0.15, 0.2) is 42.5 Å². The lowest BCUT2D eigenvalue weighted by Crippen LogP contribution is -2.49. The number of carbonyl (C=O) groups is 1. The number of rotatable bonds is 7. The highest BCUT2D eigenvalue weighted by Gasteiger charge is 2.23. The van der Waals surface area contributed by atoms with Crippen LogP contribution in [0.4, 0.5) is 5.69 Å². The van der Waals surface area contributed by atoms with Gasteiger partial charge in [0.1, 0.15) is 11.5 Å². The Labute approximate surface area is 165 Å². The quantitative estimate of drug-likeness (QED) is 0.789. The van der Waals surface area contributed by atoms with Gasteiger partial charge in [-0.15, -0.1) is 0 Å². The largest absolute Gasteiger partial charge is 0.504 e. The van der Waals surface area contributed by atoms with Crippen LogP contribution in [0.1, 0.15) is 6.42 Å². The van der Waals surface area contributed by atoms with Crippen LogP contribution in [0, 0.1) is 0 Å². The van der Waals surface area contributed by atoms with Crippen molar-refractivity contribution in [1.29, 1.82) is 0 Å². The lowest BCUT2D eigenvalue weighted by molar-refractivity contribution is -0.132. The number of hydrogen-bond acceptors (Lipinski definition) is 6. The van der Waals surface area contributed by atoms with Gasteiger partial charge in [0.2, 0.25) is 5.91 Å². The minimum atomic E-state index is 0.0488. The summed E-state index contributed by atoms with van der Waals surface area (Å²) in [6.07, 6.45) is 0.275. The number of methoxy groups -OCH3 is 2. The van der Waals surface area contributed by atoms with Crippen molar-refractivity contribution in [2.45, 2.75) is 6.42 Å². The highest BCUT2D eigenvalue weighted by Crippen LogP contribution is 2.33. The average molecular weight is 386 g/mol. The standard InChI is InChI=1S/C21H26N2O5/c1-26-16-7-8-19(27-2)17(15-16)22-10-12-23(13-11-22)21(25)9-14-28-20-6-4-3-5-18(20)24/h3-8,15,24H,9-14H2,1-2H3. The molecule has 0 aromatic heterocycles. The molecule has 0 unspecified atom stereocenters. The van der Waals surface area contributed by atoms with Gasteiger partial charge in [-0.2, -0.15) is 0 Å². The topological polar surface area (TPSA) is 71.5 Å². The summed E-state index contributed by atoms with van der Waals surface area (Å²) in [5, 5.41) is 9.70. The first-order valence-corrected chi connectivity index (χ1v) is 9.28. The van der Waals surface area contributed by atoms with E-state index in [9.17, 15) is 9.90 Å². The van der Waals surface area contributed by atoms with E-state index in [4.69, 9.17) is 14.2 Å². The van der Waals surface area contributed by atoms with E-state index in [2.05, 4.69) is 4.90 Å². The van der Waals surface area contributed by atoms with E-state index < -0.39 is 0 Å². The van der Waals surface area contributed by atoms with E-state index in [1.54, 1.807) is 38.5 Å². The highest BCUT2D eigenvalue weighted by molar-refractivity contribution is 5.76. The summed E-state index contributed by atoms with van der Waals surface area (Å²) in [5.74, 6) is 2.08. The highest BCUT2D eigenvalue weighted by atomic mass is 16.5. The molecule has 1 N–H and O–H groups in total. The SMILES string of the molecule is COc1ccc(OC)c(N2CCN(C(=O)CCOc3ccccc3O)CC2)c1. The smallest absolute Gasteiger partial charge is 0.226 e. The van der Waals surface area contributed by atoms with Crippen molar-refractivity contribution >= 4 is 11.6 Å². The predicted molar refractivity (Wildman–Crippen MR) is 107 cm³/mol. The van der Waals surface area contributed by atoms with Crippen molar-refractivity contribution in [3.8, 4) is 23.0 Å². The molecular formula is C21H26N2O5. The Hall–Kier alpha value is -3.09. The molecule has 0 saturated carbocycles. The number of phenolic OH excluding ortho intramolecular Hbond substituents is 1. The predicted octanol–water partition coefficient (Wildman–Crippen LogP) is 2.53. The van der Waals surface area contributed by atoms with Crippen LogP contribution in [-0.4, -0.2) is 62.9 Å². The summed E-state index contributed by atoms with van der Waals surface area (Å²) in [6.45, 7) is 2.94. The van der Waals surface area contributed by atoms with Gasteiger partial charge < -0.3 is 29.1 Å². The van der Waals surface area contributed by atoms with Crippen molar-refractivity contribution in [3.05, 3.63) is 42.5 Å². The Balaban J connectivity index is 1.51. The van der Waals surface area contributed by atoms with E-state index in [1.165, 1.54) is 0 Å². The van der Waals surface area contributed by atoms with Gasteiger partial charge in [0.15, 0.2) is 11.5 Å². The first-order chi connectivity index (χ1) is 13.6. The molecule has 1 amide bonds. The molecule has 7 nitrogen and oxygen atoms in total. The molecule has 7 heteroatoms. The first kappa shape index (κ1) is 19.7. The van der Waals surface area contributed by atoms with Crippen LogP contribution in [0.25, 0.3) is 0 Å². The molecular weight excluding hydrogens is 360 g/mol. The molecule has 0 atom stereocenters. The van der Waals surface area contributed by atoms with Gasteiger partial charge in [-0.3, -0.25) is 4.79 Å². The van der Waals surface area contributed by atoms with Crippen molar-refractivity contribution in [3.63, 3.8) is 0 Å². The second-order valence-electron chi connectivity index (χ2n) is 6.47. The number of piperazine rings is 1. The minimum Gasteiger partial charge on any atom is -0.504 e. The number of para-hydroxylation sites is 2. The molecule has 0 bridgehead atoms. The fourth-order valence-corrected chi connectivity index (χ4v) is 3.23. The Kier molecular flexibility index (Phi) is 6.47. The van der Waals surface area contributed by atoms with Crippen LogP contribution < -0.4 is 19.1 Å². The Bertz CT molecular complexity index is 803. The molecule has 1 fully saturated rings. The molecule has 1 aliphatic rings. The lowest BCUT2D eigenvalue weighted by atomic mass is 10.2. The number of nitrogens with zero attached hydrogens (tertiary/aromatic N) is 2. The molecule has 2 aromatic carbocycles. The van der Waals surface area contributed by atoms with Gasteiger partial charge in [0.05, 0.1) is 32.9 Å². The second-order valence-corrected chi connectivity index (χ2v) is 6.47. The van der Waals surface area contributed by atoms with Crippen molar-refractivity contribution in [2.75, 3.05) is 51.9 Å². The third-order valence-corrected chi connectivity index (χ3v) is 4.80. The first-order valence-electron chi connectivity index (χ1n) is 9.28. The zero-order valence-corrected chi connectivity index (χ0v) is 16.3. The van der Waals surface area contributed by atoms with Gasteiger partial charge in [0, 0.05) is 32.2 Å². The second kappa shape index (κ2) is 9.21. The van der Waals surface area contributed by atoms with E-state index >= 15 is 0 Å². The fraction of sp³-hybridized carbons (Fsp3) is 0.381. The molecule has 2 aromatic rings. The Morgan fingerprint density at radius 2 is 1.75 bits per heavy atom. The van der Waals surface area contributed by atoms with E-state index in [-0.39, 0.29) is 24.7 Å². The number of ether oxygens (including phenoxy) is 3. The number of benzene rings is 2. The Morgan fingerprint density at radius 1 is 1.00 bits per heavy atom. The van der Waals surface area contributed by atoms with Crippen LogP contribution in [-0.2, 0) is 4.79 Å². The van der Waals surface area contributed by atoms with E-state index in [0.717, 1.165) is 30.3 Å². The summed E-state index contributed by atoms with van der Waals surface area (Å²) in [5.41, 5.74) is 0.969. The molecule has 3 rings (SSSR count). The maximum absolute atomic E-state index is 12.5. The summed E-state index contributed by atoms with van der Waals surface area (Å²) in [4.78, 5) is 16.5. The third kappa shape index (κ3) is 4.60. The molecule has 0 aliphatic carbocycles. The number of phenols is 1. The lowest BCUT2D eigenvalue weighted by Gasteiger charge is -2.36. The number of aromatic hydroxyl groups is 1. The summed E-state index contributed by atoms with van der Waals surface area (Å²) in [6, 6.07) is 12.5. The molecule has 1 aliphatic heterocycles. The average Bonchev–Trinajstić information content (AvgIpc) is 2.74. The summed E-state index contributed by atoms with van der Waals surface area (Å²) >= 11 is 0. The molecule has 0 spiro atoms. The molecule has 0 radical (unpaired) electrons.